The second-order valence-electron chi connectivity index (χ2n) is 16.7. The summed E-state index contributed by atoms with van der Waals surface area (Å²) in [7, 11) is 0. The van der Waals surface area contributed by atoms with E-state index in [1.165, 1.54) is 250 Å². The van der Waals surface area contributed by atoms with Gasteiger partial charge in [0.2, 0.25) is 0 Å². The van der Waals surface area contributed by atoms with E-state index in [2.05, 4.69) is 34.6 Å². The summed E-state index contributed by atoms with van der Waals surface area (Å²) in [6.07, 6.45) is 56.0. The van der Waals surface area contributed by atoms with Gasteiger partial charge in [0.1, 0.15) is 0 Å². The molecule has 0 aromatic rings. The average Bonchev–Trinajstić information content (AvgIpc) is 3.11. The molecular weight excluding hydrogens is 593 g/mol. The average molecular weight is 691 g/mol. The van der Waals surface area contributed by atoms with Crippen LogP contribution in [0, 0.1) is 11.8 Å². The lowest BCUT2D eigenvalue weighted by Gasteiger charge is -2.31. The highest BCUT2D eigenvalue weighted by Gasteiger charge is 2.25. The predicted molar refractivity (Wildman–Crippen MR) is 225 cm³/mol. The van der Waals surface area contributed by atoms with Crippen LogP contribution in [0.5, 0.6) is 0 Å². The first kappa shape index (κ1) is 49.0. The quantitative estimate of drug-likeness (QED) is 0.0579. The van der Waals surface area contributed by atoms with Crippen molar-refractivity contribution in [3.8, 4) is 0 Å². The van der Waals surface area contributed by atoms with E-state index < -0.39 is 0 Å². The fourth-order valence-electron chi connectivity index (χ4n) is 8.25. The number of hydrogen-bond donors (Lipinski definition) is 0. The SMILES string of the molecule is CCCCCCCCCCC(CCCCCCCC)CC(OCCCCCCCC)C(CCCCCCCC)CCCCCCCCCC. The zero-order valence-electron chi connectivity index (χ0n) is 35.4. The summed E-state index contributed by atoms with van der Waals surface area (Å²) in [5.41, 5.74) is 0. The molecule has 0 rings (SSSR count). The van der Waals surface area contributed by atoms with Crippen LogP contribution in [0.2, 0.25) is 0 Å². The molecule has 3 unspecified atom stereocenters. The lowest BCUT2D eigenvalue weighted by atomic mass is 9.82. The maximum atomic E-state index is 7.10. The number of unbranched alkanes of at least 4 members (excludes halogenated alkanes) is 29. The fraction of sp³-hybridized carbons (Fsp3) is 1.00. The van der Waals surface area contributed by atoms with Crippen molar-refractivity contribution in [3.05, 3.63) is 0 Å². The van der Waals surface area contributed by atoms with Crippen molar-refractivity contribution in [2.75, 3.05) is 6.61 Å². The Kier molecular flexibility index (Phi) is 42.3. The van der Waals surface area contributed by atoms with Crippen LogP contribution in [-0.2, 0) is 4.74 Å². The lowest BCUT2D eigenvalue weighted by molar-refractivity contribution is -0.0138. The first-order valence-corrected chi connectivity index (χ1v) is 23.8. The van der Waals surface area contributed by atoms with Gasteiger partial charge in [-0.05, 0) is 37.5 Å². The van der Waals surface area contributed by atoms with Crippen LogP contribution < -0.4 is 0 Å². The Morgan fingerprint density at radius 2 is 0.551 bits per heavy atom. The molecule has 0 saturated carbocycles. The van der Waals surface area contributed by atoms with E-state index in [1.807, 2.05) is 0 Å². The summed E-state index contributed by atoms with van der Waals surface area (Å²) in [5.74, 6) is 1.67. The Labute approximate surface area is 313 Å². The number of hydrogen-bond acceptors (Lipinski definition) is 1. The minimum Gasteiger partial charge on any atom is -0.378 e. The summed E-state index contributed by atoms with van der Waals surface area (Å²) in [6, 6.07) is 0. The summed E-state index contributed by atoms with van der Waals surface area (Å²) >= 11 is 0. The van der Waals surface area contributed by atoms with Crippen LogP contribution in [0.15, 0.2) is 0 Å². The van der Waals surface area contributed by atoms with Gasteiger partial charge in [-0.25, -0.2) is 0 Å². The van der Waals surface area contributed by atoms with Crippen molar-refractivity contribution in [3.63, 3.8) is 0 Å². The molecule has 3 atom stereocenters. The van der Waals surface area contributed by atoms with Gasteiger partial charge < -0.3 is 4.74 Å². The molecule has 1 heteroatoms. The standard InChI is InChI=1S/C48H98O/c1-6-11-16-21-26-28-31-36-41-46(40-35-30-23-18-13-8-3)45-48(49-44-39-34-25-20-15-10-5)47(42-37-32-24-19-14-9-4)43-38-33-29-27-22-17-12-7-2/h46-48H,6-45H2,1-5H3. The molecule has 0 aliphatic rings. The van der Waals surface area contributed by atoms with Crippen LogP contribution in [0.4, 0.5) is 0 Å². The van der Waals surface area contributed by atoms with E-state index in [0.717, 1.165) is 18.4 Å². The van der Waals surface area contributed by atoms with Gasteiger partial charge in [0.15, 0.2) is 0 Å². The van der Waals surface area contributed by atoms with E-state index in [1.54, 1.807) is 0 Å². The minimum absolute atomic E-state index is 0.509. The smallest absolute Gasteiger partial charge is 0.0605 e. The Morgan fingerprint density at radius 3 is 0.878 bits per heavy atom. The van der Waals surface area contributed by atoms with Crippen LogP contribution in [0.1, 0.15) is 285 Å². The maximum Gasteiger partial charge on any atom is 0.0605 e. The van der Waals surface area contributed by atoms with Crippen LogP contribution in [0.3, 0.4) is 0 Å². The minimum atomic E-state index is 0.509. The van der Waals surface area contributed by atoms with Gasteiger partial charge in [-0.15, -0.1) is 0 Å². The fourth-order valence-corrected chi connectivity index (χ4v) is 8.25. The van der Waals surface area contributed by atoms with Crippen molar-refractivity contribution in [1.82, 2.24) is 0 Å². The van der Waals surface area contributed by atoms with Crippen LogP contribution >= 0.6 is 0 Å². The van der Waals surface area contributed by atoms with E-state index in [9.17, 15) is 0 Å². The maximum absolute atomic E-state index is 7.10. The Bertz CT molecular complexity index is 571. The normalized spacial score (nSPS) is 13.7. The van der Waals surface area contributed by atoms with E-state index in [4.69, 9.17) is 4.74 Å². The number of ether oxygens (including phenoxy) is 1. The van der Waals surface area contributed by atoms with E-state index in [-0.39, 0.29) is 0 Å². The lowest BCUT2D eigenvalue weighted by Crippen LogP contribution is -2.28. The molecule has 0 saturated heterocycles. The zero-order valence-corrected chi connectivity index (χ0v) is 35.4. The van der Waals surface area contributed by atoms with E-state index >= 15 is 0 Å². The van der Waals surface area contributed by atoms with Gasteiger partial charge in [-0.2, -0.15) is 0 Å². The predicted octanol–water partition coefficient (Wildman–Crippen LogP) is 17.9. The van der Waals surface area contributed by atoms with Crippen molar-refractivity contribution >= 4 is 0 Å². The second kappa shape index (κ2) is 42.4. The summed E-state index contributed by atoms with van der Waals surface area (Å²) < 4.78 is 7.10. The second-order valence-corrected chi connectivity index (χ2v) is 16.7. The largest absolute Gasteiger partial charge is 0.378 e. The zero-order chi connectivity index (χ0) is 35.7. The van der Waals surface area contributed by atoms with Crippen molar-refractivity contribution in [1.29, 1.82) is 0 Å². The van der Waals surface area contributed by atoms with Gasteiger partial charge in [0.05, 0.1) is 6.10 Å². The van der Waals surface area contributed by atoms with Crippen LogP contribution in [-0.4, -0.2) is 12.7 Å². The monoisotopic (exact) mass is 691 g/mol. The third-order valence-corrected chi connectivity index (χ3v) is 11.7. The first-order valence-electron chi connectivity index (χ1n) is 23.8. The Balaban J connectivity index is 5.44. The van der Waals surface area contributed by atoms with Gasteiger partial charge in [-0.3, -0.25) is 0 Å². The number of rotatable bonds is 43. The van der Waals surface area contributed by atoms with Crippen LogP contribution in [0.25, 0.3) is 0 Å². The molecule has 49 heavy (non-hydrogen) atoms. The van der Waals surface area contributed by atoms with Gasteiger partial charge >= 0.3 is 0 Å². The topological polar surface area (TPSA) is 9.23 Å². The molecule has 0 aromatic carbocycles. The molecule has 0 fully saturated rings. The summed E-state index contributed by atoms with van der Waals surface area (Å²) in [6.45, 7) is 12.7. The van der Waals surface area contributed by atoms with Crippen molar-refractivity contribution < 1.29 is 4.74 Å². The Morgan fingerprint density at radius 1 is 0.286 bits per heavy atom. The third-order valence-electron chi connectivity index (χ3n) is 11.7. The first-order chi connectivity index (χ1) is 24.2. The highest BCUT2D eigenvalue weighted by atomic mass is 16.5. The van der Waals surface area contributed by atoms with Gasteiger partial charge in [0.25, 0.3) is 0 Å². The molecular formula is C48H98O. The summed E-state index contributed by atoms with van der Waals surface area (Å²) in [5, 5.41) is 0. The molecule has 1 nitrogen and oxygen atoms in total. The highest BCUT2D eigenvalue weighted by Crippen LogP contribution is 2.32. The van der Waals surface area contributed by atoms with Gasteiger partial charge in [0, 0.05) is 6.61 Å². The van der Waals surface area contributed by atoms with E-state index in [0.29, 0.717) is 6.10 Å². The molecule has 0 aliphatic carbocycles. The molecule has 0 spiro atoms. The molecule has 0 N–H and O–H groups in total. The molecule has 0 aromatic heterocycles. The molecule has 0 amide bonds. The third kappa shape index (κ3) is 36.1. The molecule has 0 bridgehead atoms. The molecule has 0 aliphatic heterocycles. The van der Waals surface area contributed by atoms with Gasteiger partial charge in [-0.1, -0.05) is 259 Å². The molecule has 296 valence electrons. The summed E-state index contributed by atoms with van der Waals surface area (Å²) in [4.78, 5) is 0. The Hall–Kier alpha value is -0.0400. The molecule has 0 heterocycles. The van der Waals surface area contributed by atoms with Crippen molar-refractivity contribution in [2.45, 2.75) is 291 Å². The highest BCUT2D eigenvalue weighted by molar-refractivity contribution is 4.76. The van der Waals surface area contributed by atoms with Crippen molar-refractivity contribution in [2.24, 2.45) is 11.8 Å². The molecule has 0 radical (unpaired) electrons.